The molecule has 3 nitrogen and oxygen atoms in total. The van der Waals surface area contributed by atoms with Crippen molar-refractivity contribution in [2.75, 3.05) is 6.54 Å². The summed E-state index contributed by atoms with van der Waals surface area (Å²) in [4.78, 5) is 14.0. The maximum atomic E-state index is 13.1. The predicted octanol–water partition coefficient (Wildman–Crippen LogP) is 1.71. The van der Waals surface area contributed by atoms with Crippen LogP contribution in [0.1, 0.15) is 25.8 Å². The molecule has 1 aromatic rings. The van der Waals surface area contributed by atoms with Gasteiger partial charge in [0.25, 0.3) is 0 Å². The topological polar surface area (TPSA) is 46.3 Å². The number of nitrogens with two attached hydrogens (primary N) is 1. The van der Waals surface area contributed by atoms with E-state index in [4.69, 9.17) is 5.73 Å². The highest BCUT2D eigenvalue weighted by Gasteiger charge is 2.39. The Bertz CT molecular complexity index is 459. The first kappa shape index (κ1) is 13.0. The molecule has 1 fully saturated rings. The molecule has 1 unspecified atom stereocenters. The summed E-state index contributed by atoms with van der Waals surface area (Å²) in [6, 6.07) is 6.21. The highest BCUT2D eigenvalue weighted by molar-refractivity contribution is 5.80. The van der Waals surface area contributed by atoms with Gasteiger partial charge < -0.3 is 10.6 Å². The van der Waals surface area contributed by atoms with Crippen LogP contribution in [0.3, 0.4) is 0 Å². The zero-order valence-corrected chi connectivity index (χ0v) is 10.8. The molecule has 2 N–H and O–H groups in total. The number of carbonyl (C=O) groups is 1. The SMILES string of the molecule is CC1(C)CC(N)CN1C(=O)Cc1cccc(F)c1. The fraction of sp³-hybridized carbons (Fsp3) is 0.500. The standard InChI is InChI=1S/C14H19FN2O/c1-14(2)8-12(16)9-17(14)13(18)7-10-4-3-5-11(15)6-10/h3-6,12H,7-9,16H2,1-2H3. The fourth-order valence-corrected chi connectivity index (χ4v) is 2.65. The lowest BCUT2D eigenvalue weighted by molar-refractivity contribution is -0.133. The van der Waals surface area contributed by atoms with Gasteiger partial charge in [0.15, 0.2) is 0 Å². The summed E-state index contributed by atoms with van der Waals surface area (Å²) in [5.41, 5.74) is 6.40. The van der Waals surface area contributed by atoms with Crippen molar-refractivity contribution in [3.63, 3.8) is 0 Å². The number of likely N-dealkylation sites (tertiary alicyclic amines) is 1. The molecule has 18 heavy (non-hydrogen) atoms. The second kappa shape index (κ2) is 4.69. The molecule has 0 saturated carbocycles. The van der Waals surface area contributed by atoms with Crippen molar-refractivity contribution in [1.82, 2.24) is 4.90 Å². The average Bonchev–Trinajstić information content (AvgIpc) is 2.51. The van der Waals surface area contributed by atoms with Crippen LogP contribution < -0.4 is 5.73 Å². The van der Waals surface area contributed by atoms with Crippen molar-refractivity contribution in [2.24, 2.45) is 5.73 Å². The van der Waals surface area contributed by atoms with Crippen molar-refractivity contribution in [3.05, 3.63) is 35.6 Å². The predicted molar refractivity (Wildman–Crippen MR) is 68.5 cm³/mol. The highest BCUT2D eigenvalue weighted by atomic mass is 19.1. The van der Waals surface area contributed by atoms with Crippen molar-refractivity contribution in [1.29, 1.82) is 0 Å². The molecular formula is C14H19FN2O. The smallest absolute Gasteiger partial charge is 0.227 e. The first-order valence-corrected chi connectivity index (χ1v) is 6.19. The third-order valence-electron chi connectivity index (χ3n) is 3.45. The van der Waals surface area contributed by atoms with E-state index in [9.17, 15) is 9.18 Å². The summed E-state index contributed by atoms with van der Waals surface area (Å²) in [5, 5.41) is 0. The molecule has 0 bridgehead atoms. The lowest BCUT2D eigenvalue weighted by atomic mass is 10.00. The summed E-state index contributed by atoms with van der Waals surface area (Å²) in [7, 11) is 0. The Morgan fingerprint density at radius 2 is 2.28 bits per heavy atom. The minimum Gasteiger partial charge on any atom is -0.336 e. The van der Waals surface area contributed by atoms with Crippen molar-refractivity contribution in [3.8, 4) is 0 Å². The monoisotopic (exact) mass is 250 g/mol. The molecule has 4 heteroatoms. The van der Waals surface area contributed by atoms with E-state index in [-0.39, 0.29) is 29.7 Å². The Morgan fingerprint density at radius 1 is 1.56 bits per heavy atom. The van der Waals surface area contributed by atoms with E-state index in [0.717, 1.165) is 6.42 Å². The van der Waals surface area contributed by atoms with Crippen LogP contribution in [0.15, 0.2) is 24.3 Å². The van der Waals surface area contributed by atoms with Crippen LogP contribution in [-0.4, -0.2) is 28.9 Å². The van der Waals surface area contributed by atoms with Gasteiger partial charge in [-0.15, -0.1) is 0 Å². The number of halogens is 1. The molecule has 98 valence electrons. The lowest BCUT2D eigenvalue weighted by Crippen LogP contribution is -2.43. The molecule has 0 aromatic heterocycles. The maximum Gasteiger partial charge on any atom is 0.227 e. The van der Waals surface area contributed by atoms with E-state index in [0.29, 0.717) is 12.1 Å². The molecule has 1 saturated heterocycles. The van der Waals surface area contributed by atoms with E-state index in [1.165, 1.54) is 12.1 Å². The van der Waals surface area contributed by atoms with Crippen molar-refractivity contribution >= 4 is 5.91 Å². The van der Waals surface area contributed by atoms with Gasteiger partial charge in [0.05, 0.1) is 6.42 Å². The second-order valence-electron chi connectivity index (χ2n) is 5.59. The Hall–Kier alpha value is -1.42. The van der Waals surface area contributed by atoms with Gasteiger partial charge in [-0.1, -0.05) is 12.1 Å². The zero-order chi connectivity index (χ0) is 13.3. The molecule has 1 atom stereocenters. The van der Waals surface area contributed by atoms with Gasteiger partial charge in [0.2, 0.25) is 5.91 Å². The normalized spacial score (nSPS) is 22.2. The molecule has 1 aliphatic rings. The largest absolute Gasteiger partial charge is 0.336 e. The van der Waals surface area contributed by atoms with Gasteiger partial charge in [-0.2, -0.15) is 0 Å². The van der Waals surface area contributed by atoms with Gasteiger partial charge in [-0.3, -0.25) is 4.79 Å². The van der Waals surface area contributed by atoms with E-state index < -0.39 is 0 Å². The van der Waals surface area contributed by atoms with Gasteiger partial charge in [0, 0.05) is 18.1 Å². The number of hydrogen-bond donors (Lipinski definition) is 1. The number of rotatable bonds is 2. The number of carbonyl (C=O) groups excluding carboxylic acids is 1. The molecule has 2 rings (SSSR count). The Balaban J connectivity index is 2.09. The first-order chi connectivity index (χ1) is 8.38. The Labute approximate surface area is 107 Å². The van der Waals surface area contributed by atoms with E-state index in [1.807, 2.05) is 18.7 Å². The van der Waals surface area contributed by atoms with Crippen LogP contribution in [0.5, 0.6) is 0 Å². The zero-order valence-electron chi connectivity index (χ0n) is 10.8. The van der Waals surface area contributed by atoms with E-state index in [2.05, 4.69) is 0 Å². The molecule has 1 aliphatic heterocycles. The van der Waals surface area contributed by atoms with E-state index in [1.54, 1.807) is 12.1 Å². The molecule has 1 heterocycles. The van der Waals surface area contributed by atoms with Crippen LogP contribution in [0.4, 0.5) is 4.39 Å². The van der Waals surface area contributed by atoms with Crippen molar-refractivity contribution < 1.29 is 9.18 Å². The van der Waals surface area contributed by atoms with Gasteiger partial charge in [-0.25, -0.2) is 4.39 Å². The maximum absolute atomic E-state index is 13.1. The van der Waals surface area contributed by atoms with Crippen LogP contribution >= 0.6 is 0 Å². The van der Waals surface area contributed by atoms with Crippen molar-refractivity contribution in [2.45, 2.75) is 38.3 Å². The number of hydrogen-bond acceptors (Lipinski definition) is 2. The molecule has 1 aromatic carbocycles. The van der Waals surface area contributed by atoms with E-state index >= 15 is 0 Å². The molecule has 1 amide bonds. The second-order valence-corrected chi connectivity index (χ2v) is 5.59. The van der Waals surface area contributed by atoms with Crippen LogP contribution in [0.2, 0.25) is 0 Å². The van der Waals surface area contributed by atoms with Gasteiger partial charge in [0.1, 0.15) is 5.82 Å². The quantitative estimate of drug-likeness (QED) is 0.868. The summed E-state index contributed by atoms with van der Waals surface area (Å²) < 4.78 is 13.1. The number of nitrogens with zero attached hydrogens (tertiary/aromatic N) is 1. The minimum absolute atomic E-state index is 0.0125. The third-order valence-corrected chi connectivity index (χ3v) is 3.45. The van der Waals surface area contributed by atoms with Crippen LogP contribution in [-0.2, 0) is 11.2 Å². The van der Waals surface area contributed by atoms with Gasteiger partial charge >= 0.3 is 0 Å². The summed E-state index contributed by atoms with van der Waals surface area (Å²) in [6.07, 6.45) is 1.04. The minimum atomic E-state index is -0.308. The average molecular weight is 250 g/mol. The molecular weight excluding hydrogens is 231 g/mol. The number of amides is 1. The number of benzene rings is 1. The van der Waals surface area contributed by atoms with Crippen LogP contribution in [0.25, 0.3) is 0 Å². The fourth-order valence-electron chi connectivity index (χ4n) is 2.65. The molecule has 0 radical (unpaired) electrons. The Morgan fingerprint density at radius 3 is 2.83 bits per heavy atom. The highest BCUT2D eigenvalue weighted by Crippen LogP contribution is 2.28. The van der Waals surface area contributed by atoms with Gasteiger partial charge in [-0.05, 0) is 38.0 Å². The Kier molecular flexibility index (Phi) is 3.39. The van der Waals surface area contributed by atoms with Crippen LogP contribution in [0, 0.1) is 5.82 Å². The lowest BCUT2D eigenvalue weighted by Gasteiger charge is -2.31. The third kappa shape index (κ3) is 2.70. The summed E-state index contributed by atoms with van der Waals surface area (Å²) in [6.45, 7) is 4.62. The summed E-state index contributed by atoms with van der Waals surface area (Å²) in [5.74, 6) is -0.295. The molecule has 0 aliphatic carbocycles. The summed E-state index contributed by atoms with van der Waals surface area (Å²) >= 11 is 0. The first-order valence-electron chi connectivity index (χ1n) is 6.19. The molecule has 0 spiro atoms.